The minimum atomic E-state index is -7.41. The van der Waals surface area contributed by atoms with Gasteiger partial charge < -0.3 is 9.47 Å². The molecule has 0 heterocycles. The topological polar surface area (TPSA) is 47.6 Å². The number of nitrogens with one attached hydrogen (secondary N) is 1. The highest BCUT2D eigenvalue weighted by molar-refractivity contribution is 5.84. The fraction of sp³-hybridized carbons (Fsp3) is 0.357. The third-order valence-corrected chi connectivity index (χ3v) is 3.07. The van der Waals surface area contributed by atoms with Gasteiger partial charge in [0.05, 0.1) is 7.11 Å². The van der Waals surface area contributed by atoms with Crippen LogP contribution in [0.2, 0.25) is 0 Å². The van der Waals surface area contributed by atoms with Crippen LogP contribution < -0.4 is 10.1 Å². The molecule has 0 aliphatic rings. The molecule has 4 nitrogen and oxygen atoms in total. The summed E-state index contributed by atoms with van der Waals surface area (Å²) < 4.78 is 149. The van der Waals surface area contributed by atoms with Crippen LogP contribution in [0.25, 0.3) is 0 Å². The van der Waals surface area contributed by atoms with Crippen LogP contribution in [0.1, 0.15) is 0 Å². The lowest BCUT2D eigenvalue weighted by Crippen LogP contribution is -2.61. The Morgan fingerprint density at radius 1 is 0.931 bits per heavy atom. The number of alkyl halides is 9. The smallest absolute Gasteiger partial charge is 0.453 e. The van der Waals surface area contributed by atoms with E-state index in [0.717, 1.165) is 25.3 Å². The third-order valence-electron chi connectivity index (χ3n) is 3.07. The number of halogens is 11. The molecule has 0 saturated carbocycles. The predicted octanol–water partition coefficient (Wildman–Crippen LogP) is 5.82. The van der Waals surface area contributed by atoms with E-state index in [4.69, 9.17) is 0 Å². The Labute approximate surface area is 153 Å². The Bertz CT molecular complexity index is 789. The standard InChI is InChI=1S/C14H8F11NO3/c1-28-10(27)26-6-3-2-4-7(5-6)29-9(16)8(15)11(17,18)12(19,20)13(21,22)14(23,24)25/h2-5H,1H3,(H,26,27). The molecule has 0 saturated heterocycles. The van der Waals surface area contributed by atoms with Gasteiger partial charge in [0.15, 0.2) is 0 Å². The fourth-order valence-electron chi connectivity index (χ4n) is 1.59. The Morgan fingerprint density at radius 3 is 1.97 bits per heavy atom. The molecule has 1 amide bonds. The van der Waals surface area contributed by atoms with Crippen LogP contribution in [0.5, 0.6) is 5.75 Å². The summed E-state index contributed by atoms with van der Waals surface area (Å²) in [4.78, 5) is 11.0. The third kappa shape index (κ3) is 4.64. The van der Waals surface area contributed by atoms with Crippen molar-refractivity contribution in [3.8, 4) is 5.75 Å². The maximum atomic E-state index is 13.5. The summed E-state index contributed by atoms with van der Waals surface area (Å²) >= 11 is 0. The van der Waals surface area contributed by atoms with E-state index in [1.807, 2.05) is 5.32 Å². The maximum absolute atomic E-state index is 13.5. The number of anilines is 1. The first-order valence-corrected chi connectivity index (χ1v) is 6.87. The van der Waals surface area contributed by atoms with Gasteiger partial charge in [-0.1, -0.05) is 6.07 Å². The van der Waals surface area contributed by atoms with Gasteiger partial charge in [-0.25, -0.2) is 4.79 Å². The molecule has 1 aromatic rings. The molecule has 1 aromatic carbocycles. The van der Waals surface area contributed by atoms with Gasteiger partial charge in [-0.05, 0) is 12.1 Å². The van der Waals surface area contributed by atoms with E-state index in [1.165, 1.54) is 0 Å². The van der Waals surface area contributed by atoms with E-state index in [2.05, 4.69) is 9.47 Å². The Kier molecular flexibility index (Phi) is 6.66. The quantitative estimate of drug-likeness (QED) is 0.442. The van der Waals surface area contributed by atoms with Crippen LogP contribution in [0, 0.1) is 0 Å². The second kappa shape index (κ2) is 7.94. The van der Waals surface area contributed by atoms with Crippen molar-refractivity contribution >= 4 is 11.8 Å². The molecular formula is C14H8F11NO3. The number of ether oxygens (including phenoxy) is 2. The van der Waals surface area contributed by atoms with Gasteiger partial charge in [0, 0.05) is 11.8 Å². The molecule has 0 bridgehead atoms. The molecule has 0 unspecified atom stereocenters. The number of allylic oxidation sites excluding steroid dienone is 1. The van der Waals surface area contributed by atoms with E-state index in [1.54, 1.807) is 0 Å². The van der Waals surface area contributed by atoms with E-state index in [0.29, 0.717) is 6.07 Å². The molecule has 1 N–H and O–H groups in total. The number of benzene rings is 1. The van der Waals surface area contributed by atoms with Crippen molar-refractivity contribution in [2.45, 2.75) is 23.9 Å². The van der Waals surface area contributed by atoms with Crippen molar-refractivity contribution in [3.05, 3.63) is 36.1 Å². The van der Waals surface area contributed by atoms with E-state index >= 15 is 0 Å². The molecule has 29 heavy (non-hydrogen) atoms. The zero-order valence-electron chi connectivity index (χ0n) is 13.7. The van der Waals surface area contributed by atoms with E-state index < -0.39 is 47.6 Å². The zero-order valence-corrected chi connectivity index (χ0v) is 13.7. The molecule has 164 valence electrons. The molecule has 0 radical (unpaired) electrons. The largest absolute Gasteiger partial charge is 0.460 e. The number of carbonyl (C=O) groups is 1. The van der Waals surface area contributed by atoms with Crippen LogP contribution >= 0.6 is 0 Å². The van der Waals surface area contributed by atoms with Gasteiger partial charge >= 0.3 is 36.1 Å². The Hall–Kier alpha value is -2.74. The minimum Gasteiger partial charge on any atom is -0.453 e. The molecule has 0 aliphatic carbocycles. The fourth-order valence-corrected chi connectivity index (χ4v) is 1.59. The van der Waals surface area contributed by atoms with Gasteiger partial charge in [0.2, 0.25) is 5.83 Å². The van der Waals surface area contributed by atoms with Crippen LogP contribution in [0.15, 0.2) is 36.1 Å². The monoisotopic (exact) mass is 447 g/mol. The molecular weight excluding hydrogens is 439 g/mol. The number of methoxy groups -OCH3 is 1. The highest BCUT2D eigenvalue weighted by Gasteiger charge is 2.83. The maximum Gasteiger partial charge on any atom is 0.460 e. The first kappa shape index (κ1) is 24.3. The molecule has 0 spiro atoms. The van der Waals surface area contributed by atoms with E-state index in [9.17, 15) is 53.1 Å². The molecule has 0 aliphatic heterocycles. The van der Waals surface area contributed by atoms with Crippen molar-refractivity contribution in [1.82, 2.24) is 0 Å². The zero-order chi connectivity index (χ0) is 22.8. The van der Waals surface area contributed by atoms with Crippen molar-refractivity contribution < 1.29 is 62.6 Å². The van der Waals surface area contributed by atoms with Crippen LogP contribution in [-0.4, -0.2) is 37.1 Å². The van der Waals surface area contributed by atoms with Crippen LogP contribution in [0.4, 0.5) is 58.8 Å². The average Bonchev–Trinajstić information content (AvgIpc) is 2.59. The second-order valence-corrected chi connectivity index (χ2v) is 5.06. The molecule has 0 atom stereocenters. The molecule has 0 fully saturated rings. The predicted molar refractivity (Wildman–Crippen MR) is 73.2 cm³/mol. The Balaban J connectivity index is 3.24. The first-order valence-electron chi connectivity index (χ1n) is 6.87. The molecule has 1 rings (SSSR count). The van der Waals surface area contributed by atoms with Crippen molar-refractivity contribution in [2.24, 2.45) is 0 Å². The van der Waals surface area contributed by atoms with Gasteiger partial charge in [-0.15, -0.1) is 0 Å². The summed E-state index contributed by atoms with van der Waals surface area (Å²) in [6.45, 7) is 0. The molecule has 0 aromatic heterocycles. The number of rotatable bonds is 6. The summed E-state index contributed by atoms with van der Waals surface area (Å²) in [5, 5.41) is 1.96. The Morgan fingerprint density at radius 2 is 1.48 bits per heavy atom. The number of amides is 1. The lowest BCUT2D eigenvalue weighted by molar-refractivity contribution is -0.392. The number of hydrogen-bond donors (Lipinski definition) is 1. The summed E-state index contributed by atoms with van der Waals surface area (Å²) in [6, 6.07) is 0.174. The van der Waals surface area contributed by atoms with E-state index in [-0.39, 0.29) is 5.69 Å². The van der Waals surface area contributed by atoms with Gasteiger partial charge in [-0.3, -0.25) is 5.32 Å². The average molecular weight is 447 g/mol. The van der Waals surface area contributed by atoms with Gasteiger partial charge in [0.1, 0.15) is 5.75 Å². The van der Waals surface area contributed by atoms with Crippen molar-refractivity contribution in [1.29, 1.82) is 0 Å². The highest BCUT2D eigenvalue weighted by atomic mass is 19.4. The summed E-state index contributed by atoms with van der Waals surface area (Å²) in [5.74, 6) is -26.7. The normalized spacial score (nSPS) is 14.2. The second-order valence-electron chi connectivity index (χ2n) is 5.06. The van der Waals surface area contributed by atoms with Crippen molar-refractivity contribution in [2.75, 3.05) is 12.4 Å². The van der Waals surface area contributed by atoms with Crippen molar-refractivity contribution in [3.63, 3.8) is 0 Å². The SMILES string of the molecule is COC(=O)Nc1cccc(OC(F)=C(F)C(F)(F)C(F)(F)C(F)(F)C(F)(F)F)c1. The van der Waals surface area contributed by atoms with Gasteiger partial charge in [0.25, 0.3) is 0 Å². The minimum absolute atomic E-state index is 0.261. The van der Waals surface area contributed by atoms with Crippen LogP contribution in [-0.2, 0) is 4.74 Å². The lowest BCUT2D eigenvalue weighted by Gasteiger charge is -2.32. The first-order chi connectivity index (χ1) is 13.0. The van der Waals surface area contributed by atoms with Gasteiger partial charge in [-0.2, -0.15) is 48.3 Å². The van der Waals surface area contributed by atoms with Crippen LogP contribution in [0.3, 0.4) is 0 Å². The number of carbonyl (C=O) groups excluding carboxylic acids is 1. The highest BCUT2D eigenvalue weighted by Crippen LogP contribution is 2.55. The summed E-state index contributed by atoms with van der Waals surface area (Å²) in [6.07, 6.45) is -8.28. The summed E-state index contributed by atoms with van der Waals surface area (Å²) in [7, 11) is 0.937. The summed E-state index contributed by atoms with van der Waals surface area (Å²) in [5.41, 5.74) is -0.261. The molecule has 15 heteroatoms. The number of hydrogen-bond acceptors (Lipinski definition) is 3. The lowest BCUT2D eigenvalue weighted by atomic mass is 10.0.